The maximum atomic E-state index is 9.22. The molecule has 0 fully saturated rings. The fraction of sp³-hybridized carbons (Fsp3) is 0.700. The van der Waals surface area contributed by atoms with E-state index in [0.29, 0.717) is 24.5 Å². The molecule has 1 aromatic carbocycles. The standard InChI is InChI=1S/C20H34O2/c1-15(21)13-22-14-16-8-10-17(11-9-16)18(20(5,6)7)12-19(2,3)4/h8-11,15,18,21H,12-14H2,1-7H3. The zero-order valence-corrected chi connectivity index (χ0v) is 15.4. The Bertz CT molecular complexity index is 432. The van der Waals surface area contributed by atoms with E-state index >= 15 is 0 Å². The average molecular weight is 306 g/mol. The Morgan fingerprint density at radius 1 is 1.00 bits per heavy atom. The third-order valence-corrected chi connectivity index (χ3v) is 3.87. The fourth-order valence-electron chi connectivity index (χ4n) is 2.73. The van der Waals surface area contributed by atoms with E-state index < -0.39 is 6.10 Å². The number of benzene rings is 1. The van der Waals surface area contributed by atoms with Gasteiger partial charge in [0.25, 0.3) is 0 Å². The van der Waals surface area contributed by atoms with Crippen molar-refractivity contribution < 1.29 is 9.84 Å². The van der Waals surface area contributed by atoms with Gasteiger partial charge in [-0.15, -0.1) is 0 Å². The molecule has 0 aliphatic rings. The van der Waals surface area contributed by atoms with Crippen molar-refractivity contribution in [3.63, 3.8) is 0 Å². The monoisotopic (exact) mass is 306 g/mol. The third-order valence-electron chi connectivity index (χ3n) is 3.87. The van der Waals surface area contributed by atoms with E-state index in [1.807, 2.05) is 0 Å². The Morgan fingerprint density at radius 2 is 1.55 bits per heavy atom. The first-order valence-corrected chi connectivity index (χ1v) is 8.34. The minimum atomic E-state index is -0.406. The number of aliphatic hydroxyl groups is 1. The molecule has 0 spiro atoms. The lowest BCUT2D eigenvalue weighted by atomic mass is 9.69. The lowest BCUT2D eigenvalue weighted by Crippen LogP contribution is -2.23. The molecule has 1 N–H and O–H groups in total. The van der Waals surface area contributed by atoms with Gasteiger partial charge in [0.1, 0.15) is 0 Å². The summed E-state index contributed by atoms with van der Waals surface area (Å²) in [6.45, 7) is 16.6. The normalized spacial score (nSPS) is 15.6. The van der Waals surface area contributed by atoms with Crippen LogP contribution in [0.4, 0.5) is 0 Å². The van der Waals surface area contributed by atoms with Crippen LogP contribution in [0.15, 0.2) is 24.3 Å². The summed E-state index contributed by atoms with van der Waals surface area (Å²) in [6, 6.07) is 8.78. The third kappa shape index (κ3) is 6.93. The van der Waals surface area contributed by atoms with Crippen LogP contribution in [-0.2, 0) is 11.3 Å². The van der Waals surface area contributed by atoms with Gasteiger partial charge >= 0.3 is 0 Å². The number of ether oxygens (including phenoxy) is 1. The first-order chi connectivity index (χ1) is 9.99. The highest BCUT2D eigenvalue weighted by atomic mass is 16.5. The van der Waals surface area contributed by atoms with Crippen LogP contribution in [0.3, 0.4) is 0 Å². The van der Waals surface area contributed by atoms with Gasteiger partial charge in [0.2, 0.25) is 0 Å². The Morgan fingerprint density at radius 3 is 1.95 bits per heavy atom. The van der Waals surface area contributed by atoms with Gasteiger partial charge in [-0.3, -0.25) is 0 Å². The highest BCUT2D eigenvalue weighted by Gasteiger charge is 2.30. The molecule has 0 aromatic heterocycles. The van der Waals surface area contributed by atoms with Crippen molar-refractivity contribution >= 4 is 0 Å². The molecule has 22 heavy (non-hydrogen) atoms. The van der Waals surface area contributed by atoms with Gasteiger partial charge in [-0.25, -0.2) is 0 Å². The minimum Gasteiger partial charge on any atom is -0.391 e. The van der Waals surface area contributed by atoms with E-state index in [0.717, 1.165) is 5.56 Å². The summed E-state index contributed by atoms with van der Waals surface area (Å²) in [7, 11) is 0. The Labute approximate surface area is 136 Å². The Hall–Kier alpha value is -0.860. The van der Waals surface area contributed by atoms with Crippen molar-refractivity contribution in [2.75, 3.05) is 6.61 Å². The predicted molar refractivity (Wildman–Crippen MR) is 94.0 cm³/mol. The molecule has 0 saturated heterocycles. The first kappa shape index (κ1) is 19.2. The molecule has 0 heterocycles. The predicted octanol–water partition coefficient (Wildman–Crippen LogP) is 5.15. The largest absolute Gasteiger partial charge is 0.391 e. The number of aliphatic hydroxyl groups excluding tert-OH is 1. The zero-order valence-electron chi connectivity index (χ0n) is 15.4. The van der Waals surface area contributed by atoms with Gasteiger partial charge < -0.3 is 9.84 Å². The van der Waals surface area contributed by atoms with Gasteiger partial charge in [0.05, 0.1) is 19.3 Å². The molecule has 0 radical (unpaired) electrons. The molecule has 126 valence electrons. The van der Waals surface area contributed by atoms with Gasteiger partial charge in [0, 0.05) is 0 Å². The van der Waals surface area contributed by atoms with Crippen molar-refractivity contribution in [1.29, 1.82) is 0 Å². The highest BCUT2D eigenvalue weighted by Crippen LogP contribution is 2.42. The van der Waals surface area contributed by atoms with Gasteiger partial charge in [0.15, 0.2) is 0 Å². The summed E-state index contributed by atoms with van der Waals surface area (Å²) in [5, 5.41) is 9.22. The molecule has 2 nitrogen and oxygen atoms in total. The summed E-state index contributed by atoms with van der Waals surface area (Å²) >= 11 is 0. The maximum absolute atomic E-state index is 9.22. The maximum Gasteiger partial charge on any atom is 0.0745 e. The van der Waals surface area contributed by atoms with Crippen molar-refractivity contribution in [1.82, 2.24) is 0 Å². The van der Waals surface area contributed by atoms with Crippen LogP contribution >= 0.6 is 0 Å². The minimum absolute atomic E-state index is 0.248. The summed E-state index contributed by atoms with van der Waals surface area (Å²) in [5.41, 5.74) is 3.13. The van der Waals surface area contributed by atoms with Gasteiger partial charge in [-0.1, -0.05) is 65.8 Å². The van der Waals surface area contributed by atoms with E-state index in [-0.39, 0.29) is 5.41 Å². The molecule has 1 rings (SSSR count). The zero-order chi connectivity index (χ0) is 17.0. The van der Waals surface area contributed by atoms with Crippen molar-refractivity contribution in [3.8, 4) is 0 Å². The van der Waals surface area contributed by atoms with Crippen LogP contribution in [0.2, 0.25) is 0 Å². The molecular formula is C20H34O2. The Kier molecular flexibility index (Phi) is 6.64. The smallest absolute Gasteiger partial charge is 0.0745 e. The van der Waals surface area contributed by atoms with Crippen LogP contribution < -0.4 is 0 Å². The molecule has 2 unspecified atom stereocenters. The molecule has 0 amide bonds. The molecule has 1 aromatic rings. The van der Waals surface area contributed by atoms with Crippen molar-refractivity contribution in [2.45, 2.75) is 73.5 Å². The molecule has 0 aliphatic carbocycles. The average Bonchev–Trinajstić information content (AvgIpc) is 2.34. The summed E-state index contributed by atoms with van der Waals surface area (Å²) in [5.74, 6) is 0.542. The molecule has 0 bridgehead atoms. The summed E-state index contributed by atoms with van der Waals surface area (Å²) in [6.07, 6.45) is 0.769. The fourth-order valence-corrected chi connectivity index (χ4v) is 2.73. The summed E-state index contributed by atoms with van der Waals surface area (Å²) < 4.78 is 5.48. The lowest BCUT2D eigenvalue weighted by Gasteiger charge is -2.36. The van der Waals surface area contributed by atoms with Crippen LogP contribution in [0.1, 0.15) is 71.9 Å². The molecule has 0 saturated carbocycles. The lowest BCUT2D eigenvalue weighted by molar-refractivity contribution is 0.0376. The second kappa shape index (κ2) is 7.61. The van der Waals surface area contributed by atoms with E-state index in [1.165, 1.54) is 12.0 Å². The highest BCUT2D eigenvalue weighted by molar-refractivity contribution is 5.26. The number of rotatable bonds is 6. The van der Waals surface area contributed by atoms with Crippen molar-refractivity contribution in [3.05, 3.63) is 35.4 Å². The molecule has 2 atom stereocenters. The van der Waals surface area contributed by atoms with Crippen LogP contribution in [-0.4, -0.2) is 17.8 Å². The van der Waals surface area contributed by atoms with Gasteiger partial charge in [-0.2, -0.15) is 0 Å². The second-order valence-electron chi connectivity index (χ2n) is 8.79. The van der Waals surface area contributed by atoms with Crippen molar-refractivity contribution in [2.24, 2.45) is 10.8 Å². The Balaban J connectivity index is 2.80. The molecule has 0 aliphatic heterocycles. The quantitative estimate of drug-likeness (QED) is 0.787. The van der Waals surface area contributed by atoms with E-state index in [2.05, 4.69) is 65.8 Å². The van der Waals surface area contributed by atoms with Crippen LogP contribution in [0.25, 0.3) is 0 Å². The SMILES string of the molecule is CC(O)COCc1ccc(C(CC(C)(C)C)C(C)(C)C)cc1. The van der Waals surface area contributed by atoms with Crippen LogP contribution in [0.5, 0.6) is 0 Å². The van der Waals surface area contributed by atoms with Gasteiger partial charge in [-0.05, 0) is 41.2 Å². The second-order valence-corrected chi connectivity index (χ2v) is 8.79. The van der Waals surface area contributed by atoms with Crippen LogP contribution in [0, 0.1) is 10.8 Å². The molecule has 2 heteroatoms. The number of hydrogen-bond donors (Lipinski definition) is 1. The first-order valence-electron chi connectivity index (χ1n) is 8.34. The molecular weight excluding hydrogens is 272 g/mol. The van der Waals surface area contributed by atoms with E-state index in [4.69, 9.17) is 4.74 Å². The number of hydrogen-bond acceptors (Lipinski definition) is 2. The summed E-state index contributed by atoms with van der Waals surface area (Å²) in [4.78, 5) is 0. The van der Waals surface area contributed by atoms with E-state index in [1.54, 1.807) is 6.92 Å². The topological polar surface area (TPSA) is 29.5 Å². The van der Waals surface area contributed by atoms with E-state index in [9.17, 15) is 5.11 Å².